The molecular formula is C22H22ClN7O4S2. The molecule has 4 aromatic heterocycles. The van der Waals surface area contributed by atoms with E-state index in [9.17, 15) is 10.2 Å². The molecule has 5 atom stereocenters. The maximum absolute atomic E-state index is 11.1. The first kappa shape index (κ1) is 25.0. The van der Waals surface area contributed by atoms with Crippen molar-refractivity contribution in [2.45, 2.75) is 34.7 Å². The number of nitrogens with two attached hydrogens (primary N) is 1. The van der Waals surface area contributed by atoms with E-state index in [1.165, 1.54) is 34.9 Å². The summed E-state index contributed by atoms with van der Waals surface area (Å²) in [4.78, 5) is 13.7. The van der Waals surface area contributed by atoms with E-state index in [-0.39, 0.29) is 0 Å². The molecule has 5 rings (SSSR count). The number of halogens is 1. The predicted octanol–water partition coefficient (Wildman–Crippen LogP) is 2.52. The molecule has 0 bridgehead atoms. The number of thioether (sulfide) groups is 1. The molecule has 4 aromatic rings. The third kappa shape index (κ3) is 4.95. The van der Waals surface area contributed by atoms with E-state index in [0.29, 0.717) is 27.2 Å². The number of aliphatic hydroxyl groups excluding tert-OH is 2. The van der Waals surface area contributed by atoms with E-state index in [0.717, 1.165) is 10.5 Å². The summed E-state index contributed by atoms with van der Waals surface area (Å²) in [5.74, 6) is 0. The van der Waals surface area contributed by atoms with Crippen molar-refractivity contribution in [1.29, 1.82) is 0 Å². The monoisotopic (exact) mass is 547 g/mol. The molecule has 1 fully saturated rings. The fourth-order valence-electron chi connectivity index (χ4n) is 4.01. The minimum Gasteiger partial charge on any atom is -0.394 e. The summed E-state index contributed by atoms with van der Waals surface area (Å²) in [6.45, 7) is -0.404. The van der Waals surface area contributed by atoms with Crippen LogP contribution in [0.15, 0.2) is 53.3 Å². The summed E-state index contributed by atoms with van der Waals surface area (Å²) in [6, 6.07) is 4.78. The van der Waals surface area contributed by atoms with Crippen molar-refractivity contribution in [3.05, 3.63) is 53.4 Å². The molecule has 0 aromatic carbocycles. The first-order valence-corrected chi connectivity index (χ1v) is 12.9. The molecule has 2 unspecified atom stereocenters. The highest BCUT2D eigenvalue weighted by atomic mass is 35.5. The van der Waals surface area contributed by atoms with Gasteiger partial charge in [-0.2, -0.15) is 0 Å². The second-order valence-corrected chi connectivity index (χ2v) is 10.4. The highest BCUT2D eigenvalue weighted by Gasteiger charge is 2.47. The Morgan fingerprint density at radius 3 is 2.89 bits per heavy atom. The van der Waals surface area contributed by atoms with Gasteiger partial charge in [-0.25, -0.2) is 9.67 Å². The summed E-state index contributed by atoms with van der Waals surface area (Å²) in [5, 5.41) is 32.1. The van der Waals surface area contributed by atoms with Gasteiger partial charge < -0.3 is 25.4 Å². The van der Waals surface area contributed by atoms with Gasteiger partial charge in [-0.1, -0.05) is 28.6 Å². The minimum absolute atomic E-state index is 0.404. The van der Waals surface area contributed by atoms with Crippen LogP contribution in [0.5, 0.6) is 0 Å². The van der Waals surface area contributed by atoms with E-state index in [2.05, 4.69) is 25.3 Å². The summed E-state index contributed by atoms with van der Waals surface area (Å²) in [6.07, 6.45) is 3.93. The third-order valence-corrected chi connectivity index (χ3v) is 7.75. The Morgan fingerprint density at radius 2 is 2.19 bits per heavy atom. The Labute approximate surface area is 219 Å². The van der Waals surface area contributed by atoms with Crippen molar-refractivity contribution in [1.82, 2.24) is 29.9 Å². The fourth-order valence-corrected chi connectivity index (χ4v) is 6.12. The number of hydrogen-bond donors (Lipinski definition) is 3. The van der Waals surface area contributed by atoms with Gasteiger partial charge in [0.15, 0.2) is 5.13 Å². The van der Waals surface area contributed by atoms with Gasteiger partial charge in [-0.05, 0) is 18.2 Å². The number of pyridine rings is 2. The van der Waals surface area contributed by atoms with Crippen LogP contribution in [-0.2, 0) is 9.47 Å². The molecule has 36 heavy (non-hydrogen) atoms. The van der Waals surface area contributed by atoms with Gasteiger partial charge in [0.1, 0.15) is 41.2 Å². The Hall–Kier alpha value is -2.65. The zero-order valence-electron chi connectivity index (χ0n) is 18.9. The number of nitrogens with zero attached hydrogens (tertiary/aromatic N) is 6. The Morgan fingerprint density at radius 1 is 1.33 bits per heavy atom. The van der Waals surface area contributed by atoms with E-state index in [1.54, 1.807) is 36.2 Å². The quantitative estimate of drug-likeness (QED) is 0.312. The topological polar surface area (TPSA) is 154 Å². The lowest BCUT2D eigenvalue weighted by Crippen LogP contribution is -2.55. The molecular weight excluding hydrogens is 526 g/mol. The second kappa shape index (κ2) is 10.8. The van der Waals surface area contributed by atoms with E-state index in [4.69, 9.17) is 26.8 Å². The van der Waals surface area contributed by atoms with Gasteiger partial charge in [-0.15, -0.1) is 16.4 Å². The SMILES string of the molecule is COC1[C@@H](Sc2cc(Cl)cnc2-c2cccnc2)OC(CO)[C@H](O)[C@@H]1n1cc(-c2csc(N)n2)nn1. The number of rotatable bonds is 7. The first-order chi connectivity index (χ1) is 17.5. The minimum atomic E-state index is -1.12. The Bertz CT molecular complexity index is 1320. The number of aromatic nitrogens is 6. The lowest BCUT2D eigenvalue weighted by Gasteiger charge is -2.43. The predicted molar refractivity (Wildman–Crippen MR) is 135 cm³/mol. The van der Waals surface area contributed by atoms with Gasteiger partial charge >= 0.3 is 0 Å². The van der Waals surface area contributed by atoms with Crippen LogP contribution in [0.2, 0.25) is 5.02 Å². The van der Waals surface area contributed by atoms with Crippen LogP contribution in [0, 0.1) is 0 Å². The van der Waals surface area contributed by atoms with Gasteiger partial charge in [0.05, 0.1) is 23.5 Å². The average molecular weight is 548 g/mol. The molecule has 0 radical (unpaired) electrons. The van der Waals surface area contributed by atoms with Gasteiger partial charge in [-0.3, -0.25) is 9.97 Å². The van der Waals surface area contributed by atoms with Crippen LogP contribution < -0.4 is 5.73 Å². The zero-order valence-corrected chi connectivity index (χ0v) is 21.3. The maximum Gasteiger partial charge on any atom is 0.180 e. The van der Waals surface area contributed by atoms with Crippen molar-refractivity contribution in [2.75, 3.05) is 19.5 Å². The molecule has 0 aliphatic carbocycles. The van der Waals surface area contributed by atoms with Crippen LogP contribution >= 0.6 is 34.7 Å². The number of hydrogen-bond acceptors (Lipinski definition) is 12. The Kier molecular flexibility index (Phi) is 7.48. The zero-order chi connectivity index (χ0) is 25.2. The smallest absolute Gasteiger partial charge is 0.180 e. The summed E-state index contributed by atoms with van der Waals surface area (Å²) in [5.41, 5.74) is 7.65. The largest absolute Gasteiger partial charge is 0.394 e. The molecule has 0 spiro atoms. The number of anilines is 1. The highest BCUT2D eigenvalue weighted by molar-refractivity contribution is 8.00. The molecule has 5 heterocycles. The molecule has 1 aliphatic heterocycles. The van der Waals surface area contributed by atoms with Crippen LogP contribution in [0.25, 0.3) is 22.6 Å². The number of ether oxygens (including phenoxy) is 2. The normalized spacial score (nSPS) is 24.2. The molecule has 0 saturated carbocycles. The van der Waals surface area contributed by atoms with Crippen LogP contribution in [-0.4, -0.2) is 77.6 Å². The summed E-state index contributed by atoms with van der Waals surface area (Å²) < 4.78 is 13.4. The molecule has 1 saturated heterocycles. The molecule has 11 nitrogen and oxygen atoms in total. The molecule has 0 amide bonds. The first-order valence-electron chi connectivity index (χ1n) is 10.8. The summed E-state index contributed by atoms with van der Waals surface area (Å²) >= 11 is 8.90. The fraction of sp³-hybridized carbons (Fsp3) is 0.318. The van der Waals surface area contributed by atoms with Crippen molar-refractivity contribution in [3.8, 4) is 22.6 Å². The Balaban J connectivity index is 1.49. The van der Waals surface area contributed by atoms with Gasteiger partial charge in [0.25, 0.3) is 0 Å². The van der Waals surface area contributed by atoms with Crippen LogP contribution in [0.4, 0.5) is 5.13 Å². The highest BCUT2D eigenvalue weighted by Crippen LogP contribution is 2.42. The molecule has 4 N–H and O–H groups in total. The lowest BCUT2D eigenvalue weighted by atomic mass is 9.97. The van der Waals surface area contributed by atoms with Crippen molar-refractivity contribution < 1.29 is 19.7 Å². The average Bonchev–Trinajstić information content (AvgIpc) is 3.54. The van der Waals surface area contributed by atoms with Gasteiger partial charge in [0, 0.05) is 41.5 Å². The van der Waals surface area contributed by atoms with Crippen LogP contribution in [0.3, 0.4) is 0 Å². The van der Waals surface area contributed by atoms with Crippen LogP contribution in [0.1, 0.15) is 6.04 Å². The number of nitrogen functional groups attached to an aromatic ring is 1. The third-order valence-electron chi connectivity index (χ3n) is 5.69. The lowest BCUT2D eigenvalue weighted by molar-refractivity contribution is -0.186. The molecule has 14 heteroatoms. The number of methoxy groups -OCH3 is 1. The van der Waals surface area contributed by atoms with E-state index >= 15 is 0 Å². The van der Waals surface area contributed by atoms with E-state index in [1.807, 2.05) is 12.1 Å². The van der Waals surface area contributed by atoms with Crippen molar-refractivity contribution in [2.24, 2.45) is 0 Å². The van der Waals surface area contributed by atoms with E-state index < -0.39 is 36.4 Å². The molecule has 1 aliphatic rings. The van der Waals surface area contributed by atoms with Crippen molar-refractivity contribution >= 4 is 39.8 Å². The molecule has 188 valence electrons. The van der Waals surface area contributed by atoms with Gasteiger partial charge in [0.2, 0.25) is 0 Å². The number of thiazole rings is 1. The maximum atomic E-state index is 11.1. The second-order valence-electron chi connectivity index (χ2n) is 7.92. The summed E-state index contributed by atoms with van der Waals surface area (Å²) in [7, 11) is 1.53. The van der Waals surface area contributed by atoms with Crippen molar-refractivity contribution in [3.63, 3.8) is 0 Å². The standard InChI is InChI=1S/C22H22ClN7O4S2/c1-33-20-18(30-8-13(28-29-30)14-10-35-22(24)27-14)19(32)15(9-31)34-21(20)36-16-5-12(23)7-26-17(16)11-3-2-4-25-6-11/h2-8,10,15,18-21,31-32H,9H2,1H3,(H2,24,27)/t15?,18-,19-,20?,21+/m0/s1. The number of aliphatic hydroxyl groups is 2.